The molecule has 1 aliphatic carbocycles. The molecule has 0 aromatic carbocycles. The Bertz CT molecular complexity index is 416. The number of rotatable bonds is 8. The van der Waals surface area contributed by atoms with Crippen LogP contribution in [-0.2, 0) is 19.1 Å². The molecule has 0 aliphatic heterocycles. The molecule has 0 saturated carbocycles. The zero-order valence-corrected chi connectivity index (χ0v) is 13.6. The number of carbonyl (C=O) groups excluding carboxylic acids is 2. The maximum atomic E-state index is 12.1. The minimum absolute atomic E-state index is 0.248. The van der Waals surface area contributed by atoms with Gasteiger partial charge in [-0.2, -0.15) is 0 Å². The number of esters is 2. The maximum absolute atomic E-state index is 12.1. The van der Waals surface area contributed by atoms with E-state index in [1.165, 1.54) is 0 Å². The first-order valence-corrected chi connectivity index (χ1v) is 8.06. The summed E-state index contributed by atoms with van der Waals surface area (Å²) in [6.45, 7) is 4.53. The van der Waals surface area contributed by atoms with E-state index in [0.29, 0.717) is 24.0 Å². The van der Waals surface area contributed by atoms with Crippen LogP contribution in [0.4, 0.5) is 0 Å². The fraction of sp³-hybridized carbons (Fsp3) is 0.556. The highest BCUT2D eigenvalue weighted by Crippen LogP contribution is 2.26. The summed E-state index contributed by atoms with van der Waals surface area (Å²) >= 11 is 0. The Kier molecular flexibility index (Phi) is 8.96. The fourth-order valence-electron chi connectivity index (χ4n) is 2.25. The molecule has 0 fully saturated rings. The topological polar surface area (TPSA) is 52.6 Å². The van der Waals surface area contributed by atoms with E-state index < -0.39 is 11.9 Å². The molecule has 0 heterocycles. The lowest BCUT2D eigenvalue weighted by molar-refractivity contribution is -0.141. The lowest BCUT2D eigenvalue weighted by Gasteiger charge is -2.17. The minimum Gasteiger partial charge on any atom is -0.458 e. The molecule has 1 rings (SSSR count). The molecule has 4 nitrogen and oxygen atoms in total. The third kappa shape index (κ3) is 6.29. The summed E-state index contributed by atoms with van der Waals surface area (Å²) in [4.78, 5) is 24.2. The van der Waals surface area contributed by atoms with Crippen LogP contribution in [0.3, 0.4) is 0 Å². The van der Waals surface area contributed by atoms with Crippen LogP contribution in [0.5, 0.6) is 0 Å². The molecule has 0 spiro atoms. The van der Waals surface area contributed by atoms with Crippen molar-refractivity contribution < 1.29 is 19.1 Å². The first-order valence-electron chi connectivity index (χ1n) is 8.06. The van der Waals surface area contributed by atoms with Crippen molar-refractivity contribution in [2.45, 2.75) is 52.4 Å². The van der Waals surface area contributed by atoms with Gasteiger partial charge in [0, 0.05) is 11.1 Å². The van der Waals surface area contributed by atoms with Crippen LogP contribution in [0.25, 0.3) is 0 Å². The molecule has 0 radical (unpaired) electrons. The van der Waals surface area contributed by atoms with Gasteiger partial charge in [-0.15, -0.1) is 0 Å². The van der Waals surface area contributed by atoms with E-state index in [0.717, 1.165) is 25.7 Å². The second-order valence-electron chi connectivity index (χ2n) is 5.12. The molecular formula is C18H26O4. The van der Waals surface area contributed by atoms with E-state index in [2.05, 4.69) is 0 Å². The van der Waals surface area contributed by atoms with E-state index in [1.807, 2.05) is 38.2 Å². The number of ether oxygens (including phenoxy) is 2. The van der Waals surface area contributed by atoms with Crippen LogP contribution < -0.4 is 0 Å². The van der Waals surface area contributed by atoms with Crippen molar-refractivity contribution >= 4 is 11.9 Å². The van der Waals surface area contributed by atoms with E-state index in [4.69, 9.17) is 9.47 Å². The summed E-state index contributed by atoms with van der Waals surface area (Å²) in [7, 11) is 0. The number of hydrogen-bond donors (Lipinski definition) is 0. The predicted molar refractivity (Wildman–Crippen MR) is 86.3 cm³/mol. The Morgan fingerprint density at radius 2 is 1.23 bits per heavy atom. The van der Waals surface area contributed by atoms with E-state index in [9.17, 15) is 9.59 Å². The van der Waals surface area contributed by atoms with Crippen LogP contribution in [0, 0.1) is 0 Å². The largest absolute Gasteiger partial charge is 0.458 e. The van der Waals surface area contributed by atoms with Crippen LogP contribution in [0.2, 0.25) is 0 Å². The zero-order chi connectivity index (χ0) is 16.2. The number of carbonyl (C=O) groups is 2. The van der Waals surface area contributed by atoms with Gasteiger partial charge in [0.05, 0.1) is 0 Å². The summed E-state index contributed by atoms with van der Waals surface area (Å²) in [6, 6.07) is 0. The lowest BCUT2D eigenvalue weighted by Crippen LogP contribution is -2.19. The van der Waals surface area contributed by atoms with Crippen LogP contribution in [-0.4, -0.2) is 25.2 Å². The van der Waals surface area contributed by atoms with Gasteiger partial charge in [-0.3, -0.25) is 0 Å². The second kappa shape index (κ2) is 10.8. The summed E-state index contributed by atoms with van der Waals surface area (Å²) in [5, 5.41) is 0. The van der Waals surface area contributed by atoms with Crippen LogP contribution >= 0.6 is 0 Å². The normalized spacial score (nSPS) is 15.5. The number of hydrogen-bond acceptors (Lipinski definition) is 4. The first kappa shape index (κ1) is 18.2. The fourth-order valence-corrected chi connectivity index (χ4v) is 2.25. The molecule has 122 valence electrons. The van der Waals surface area contributed by atoms with Crippen molar-refractivity contribution in [3.05, 3.63) is 35.5 Å². The summed E-state index contributed by atoms with van der Waals surface area (Å²) in [5.74, 6) is -0.784. The van der Waals surface area contributed by atoms with Crippen molar-refractivity contribution in [2.75, 3.05) is 13.2 Å². The smallest absolute Gasteiger partial charge is 0.334 e. The van der Waals surface area contributed by atoms with Crippen molar-refractivity contribution in [3.8, 4) is 0 Å². The number of allylic oxidation sites excluding steroid dienone is 2. The Morgan fingerprint density at radius 3 is 1.59 bits per heavy atom. The van der Waals surface area contributed by atoms with Gasteiger partial charge in [0.1, 0.15) is 13.2 Å². The Morgan fingerprint density at radius 1 is 0.818 bits per heavy atom. The molecule has 0 bridgehead atoms. The molecule has 0 aromatic heterocycles. The average molecular weight is 306 g/mol. The summed E-state index contributed by atoms with van der Waals surface area (Å²) < 4.78 is 10.4. The van der Waals surface area contributed by atoms with E-state index >= 15 is 0 Å². The zero-order valence-electron chi connectivity index (χ0n) is 13.6. The van der Waals surface area contributed by atoms with Crippen molar-refractivity contribution in [2.24, 2.45) is 0 Å². The van der Waals surface area contributed by atoms with Crippen molar-refractivity contribution in [1.29, 1.82) is 0 Å². The quantitative estimate of drug-likeness (QED) is 0.504. The molecule has 1 aliphatic rings. The maximum Gasteiger partial charge on any atom is 0.334 e. The van der Waals surface area contributed by atoms with Gasteiger partial charge < -0.3 is 9.47 Å². The molecule has 0 unspecified atom stereocenters. The second-order valence-corrected chi connectivity index (χ2v) is 5.12. The van der Waals surface area contributed by atoms with Crippen LogP contribution in [0.15, 0.2) is 35.5 Å². The molecular weight excluding hydrogens is 280 g/mol. The minimum atomic E-state index is -0.392. The molecule has 0 N–H and O–H groups in total. The SMILES string of the molecule is CC/C=C/COC(=O)C1=C(C(=O)OC/C=C/CC)CCCC1. The van der Waals surface area contributed by atoms with E-state index in [-0.39, 0.29) is 13.2 Å². The van der Waals surface area contributed by atoms with Gasteiger partial charge in [0.15, 0.2) is 0 Å². The van der Waals surface area contributed by atoms with Gasteiger partial charge in [-0.05, 0) is 38.5 Å². The summed E-state index contributed by atoms with van der Waals surface area (Å²) in [6.07, 6.45) is 12.3. The van der Waals surface area contributed by atoms with Gasteiger partial charge in [-0.1, -0.05) is 38.2 Å². The lowest BCUT2D eigenvalue weighted by atomic mass is 9.92. The molecule has 0 saturated heterocycles. The van der Waals surface area contributed by atoms with Gasteiger partial charge in [-0.25, -0.2) is 9.59 Å². The highest BCUT2D eigenvalue weighted by atomic mass is 16.5. The van der Waals surface area contributed by atoms with Gasteiger partial charge in [0.25, 0.3) is 0 Å². The monoisotopic (exact) mass is 306 g/mol. The Labute approximate surface area is 132 Å². The highest BCUT2D eigenvalue weighted by Gasteiger charge is 2.25. The summed E-state index contributed by atoms with van der Waals surface area (Å²) in [5.41, 5.74) is 0.973. The van der Waals surface area contributed by atoms with Gasteiger partial charge >= 0.3 is 11.9 Å². The van der Waals surface area contributed by atoms with Crippen molar-refractivity contribution in [1.82, 2.24) is 0 Å². The van der Waals surface area contributed by atoms with Gasteiger partial charge in [0.2, 0.25) is 0 Å². The third-order valence-corrected chi connectivity index (χ3v) is 3.39. The molecule has 0 atom stereocenters. The highest BCUT2D eigenvalue weighted by molar-refractivity contribution is 6.00. The molecule has 4 heteroatoms. The predicted octanol–water partition coefficient (Wildman–Crippen LogP) is 3.88. The third-order valence-electron chi connectivity index (χ3n) is 3.39. The molecule has 0 aromatic rings. The van der Waals surface area contributed by atoms with Crippen molar-refractivity contribution in [3.63, 3.8) is 0 Å². The van der Waals surface area contributed by atoms with Crippen LogP contribution in [0.1, 0.15) is 52.4 Å². The Balaban J connectivity index is 2.66. The first-order chi connectivity index (χ1) is 10.7. The Hall–Kier alpha value is -1.84. The van der Waals surface area contributed by atoms with E-state index in [1.54, 1.807) is 0 Å². The standard InChI is InChI=1S/C18H26O4/c1-3-5-9-13-21-17(19)15-11-7-8-12-16(15)18(20)22-14-10-6-4-2/h5-6,9-10H,3-4,7-8,11-14H2,1-2H3/b9-5+,10-6+. The molecule has 0 amide bonds. The molecule has 22 heavy (non-hydrogen) atoms. The average Bonchev–Trinajstić information content (AvgIpc) is 2.55.